The molecule has 6 nitrogen and oxygen atoms in total. The second-order valence-corrected chi connectivity index (χ2v) is 5.93. The molecule has 134 valence electrons. The number of aliphatic hydroxyl groups excluding tert-OH is 1. The summed E-state index contributed by atoms with van der Waals surface area (Å²) in [6, 6.07) is 4.30. The maximum atomic E-state index is 13.5. The maximum Gasteiger partial charge on any atom is 0.355 e. The zero-order valence-corrected chi connectivity index (χ0v) is 14.6. The standard InChI is InChI=1S/C18H21FN2O4/c1-9-5-6-13(7-14(9)19)21-15(23)8-25-18(24)17-10(2)16(12(4)22)11(3)20-17/h5-7,12,20,22H,8H2,1-4H3,(H,21,23)/t12-/m0/s1. The molecule has 1 aromatic carbocycles. The van der Waals surface area contributed by atoms with E-state index in [0.29, 0.717) is 22.4 Å². The highest BCUT2D eigenvalue weighted by atomic mass is 19.1. The Morgan fingerprint density at radius 2 is 2.00 bits per heavy atom. The van der Waals surface area contributed by atoms with E-state index in [1.807, 2.05) is 0 Å². The molecule has 3 N–H and O–H groups in total. The average Bonchev–Trinajstić information content (AvgIpc) is 2.83. The van der Waals surface area contributed by atoms with Crippen molar-refractivity contribution >= 4 is 17.6 Å². The molecule has 0 spiro atoms. The van der Waals surface area contributed by atoms with Crippen LogP contribution in [-0.2, 0) is 9.53 Å². The molecule has 0 saturated carbocycles. The highest BCUT2D eigenvalue weighted by Gasteiger charge is 2.21. The predicted molar refractivity (Wildman–Crippen MR) is 90.9 cm³/mol. The number of benzene rings is 1. The summed E-state index contributed by atoms with van der Waals surface area (Å²) < 4.78 is 18.4. The largest absolute Gasteiger partial charge is 0.451 e. The molecule has 0 radical (unpaired) electrons. The summed E-state index contributed by atoms with van der Waals surface area (Å²) in [5.74, 6) is -1.70. The van der Waals surface area contributed by atoms with Crippen LogP contribution in [0.25, 0.3) is 0 Å². The lowest BCUT2D eigenvalue weighted by atomic mass is 10.1. The van der Waals surface area contributed by atoms with Crippen LogP contribution in [0.5, 0.6) is 0 Å². The number of amides is 1. The topological polar surface area (TPSA) is 91.4 Å². The zero-order chi connectivity index (χ0) is 18.7. The molecular weight excluding hydrogens is 327 g/mol. The number of hydrogen-bond donors (Lipinski definition) is 3. The number of aryl methyl sites for hydroxylation is 2. The molecule has 2 aromatic rings. The zero-order valence-electron chi connectivity index (χ0n) is 14.6. The number of aromatic amines is 1. The van der Waals surface area contributed by atoms with Crippen LogP contribution in [0.15, 0.2) is 18.2 Å². The number of esters is 1. The first-order valence-corrected chi connectivity index (χ1v) is 7.81. The summed E-state index contributed by atoms with van der Waals surface area (Å²) >= 11 is 0. The molecule has 0 aliphatic heterocycles. The number of carbonyl (C=O) groups excluding carboxylic acids is 2. The highest BCUT2D eigenvalue weighted by molar-refractivity contribution is 5.95. The number of nitrogens with one attached hydrogen (secondary N) is 2. The summed E-state index contributed by atoms with van der Waals surface area (Å²) in [5, 5.41) is 12.2. The number of aromatic nitrogens is 1. The van der Waals surface area contributed by atoms with Crippen LogP contribution in [0, 0.1) is 26.6 Å². The van der Waals surface area contributed by atoms with Gasteiger partial charge in [-0.25, -0.2) is 9.18 Å². The average molecular weight is 348 g/mol. The van der Waals surface area contributed by atoms with Crippen molar-refractivity contribution in [2.45, 2.75) is 33.8 Å². The molecule has 1 heterocycles. The fraction of sp³-hybridized carbons (Fsp3) is 0.333. The van der Waals surface area contributed by atoms with Gasteiger partial charge in [0.15, 0.2) is 6.61 Å². The molecule has 7 heteroatoms. The van der Waals surface area contributed by atoms with Gasteiger partial charge >= 0.3 is 5.97 Å². The molecule has 0 aliphatic carbocycles. The molecule has 0 bridgehead atoms. The summed E-state index contributed by atoms with van der Waals surface area (Å²) in [5.41, 5.74) is 2.83. The lowest BCUT2D eigenvalue weighted by Crippen LogP contribution is -2.21. The van der Waals surface area contributed by atoms with Crippen LogP contribution >= 0.6 is 0 Å². The molecule has 0 fully saturated rings. The van der Waals surface area contributed by atoms with Gasteiger partial charge in [0.25, 0.3) is 5.91 Å². The van der Waals surface area contributed by atoms with Gasteiger partial charge in [0.2, 0.25) is 0 Å². The van der Waals surface area contributed by atoms with Crippen molar-refractivity contribution in [2.24, 2.45) is 0 Å². The van der Waals surface area contributed by atoms with Crippen molar-refractivity contribution in [3.63, 3.8) is 0 Å². The molecule has 1 amide bonds. The Labute approximate surface area is 145 Å². The van der Waals surface area contributed by atoms with E-state index in [4.69, 9.17) is 4.74 Å². The number of hydrogen-bond acceptors (Lipinski definition) is 4. The monoisotopic (exact) mass is 348 g/mol. The first-order chi connectivity index (χ1) is 11.7. The number of H-pyrrole nitrogens is 1. The van der Waals surface area contributed by atoms with Crippen molar-refractivity contribution in [3.05, 3.63) is 52.1 Å². The second-order valence-electron chi connectivity index (χ2n) is 5.93. The van der Waals surface area contributed by atoms with E-state index in [1.165, 1.54) is 6.07 Å². The normalized spacial score (nSPS) is 11.9. The van der Waals surface area contributed by atoms with Crippen LogP contribution in [0.2, 0.25) is 0 Å². The summed E-state index contributed by atoms with van der Waals surface area (Å²) in [7, 11) is 0. The number of aliphatic hydroxyl groups is 1. The minimum absolute atomic E-state index is 0.197. The van der Waals surface area contributed by atoms with Crippen LogP contribution in [-0.4, -0.2) is 28.6 Å². The number of halogens is 1. The van der Waals surface area contributed by atoms with Gasteiger partial charge in [0.05, 0.1) is 6.10 Å². The van der Waals surface area contributed by atoms with Gasteiger partial charge in [0.1, 0.15) is 11.5 Å². The van der Waals surface area contributed by atoms with E-state index < -0.39 is 30.4 Å². The highest BCUT2D eigenvalue weighted by Crippen LogP contribution is 2.24. The smallest absolute Gasteiger partial charge is 0.355 e. The summed E-state index contributed by atoms with van der Waals surface area (Å²) in [6.45, 7) is 6.15. The SMILES string of the molecule is Cc1ccc(NC(=O)COC(=O)c2[nH]c(C)c([C@H](C)O)c2C)cc1F. The minimum Gasteiger partial charge on any atom is -0.451 e. The molecule has 1 atom stereocenters. The quantitative estimate of drug-likeness (QED) is 0.725. The number of anilines is 1. The van der Waals surface area contributed by atoms with Crippen LogP contribution in [0.1, 0.15) is 45.9 Å². The summed E-state index contributed by atoms with van der Waals surface area (Å²) in [6.07, 6.45) is -0.725. The van der Waals surface area contributed by atoms with Crippen molar-refractivity contribution in [1.29, 1.82) is 0 Å². The molecule has 0 unspecified atom stereocenters. The van der Waals surface area contributed by atoms with Crippen molar-refractivity contribution in [1.82, 2.24) is 4.98 Å². The molecule has 1 aromatic heterocycles. The first-order valence-electron chi connectivity index (χ1n) is 7.81. The number of ether oxygens (including phenoxy) is 1. The third-order valence-corrected chi connectivity index (χ3v) is 3.91. The van der Waals surface area contributed by atoms with E-state index in [-0.39, 0.29) is 11.4 Å². The number of carbonyl (C=O) groups is 2. The Hall–Kier alpha value is -2.67. The van der Waals surface area contributed by atoms with Gasteiger partial charge in [-0.15, -0.1) is 0 Å². The molecule has 2 rings (SSSR count). The van der Waals surface area contributed by atoms with Gasteiger partial charge in [0, 0.05) is 16.9 Å². The van der Waals surface area contributed by atoms with Crippen molar-refractivity contribution in [2.75, 3.05) is 11.9 Å². The van der Waals surface area contributed by atoms with Gasteiger partial charge in [-0.3, -0.25) is 4.79 Å². The van der Waals surface area contributed by atoms with E-state index in [1.54, 1.807) is 39.8 Å². The van der Waals surface area contributed by atoms with E-state index >= 15 is 0 Å². The first kappa shape index (κ1) is 18.7. The molecule has 0 aliphatic rings. The second kappa shape index (κ2) is 7.48. The predicted octanol–water partition coefficient (Wildman–Crippen LogP) is 2.93. The van der Waals surface area contributed by atoms with Crippen LogP contribution in [0.3, 0.4) is 0 Å². The molecule has 25 heavy (non-hydrogen) atoms. The van der Waals surface area contributed by atoms with Gasteiger partial charge < -0.3 is 20.1 Å². The lowest BCUT2D eigenvalue weighted by molar-refractivity contribution is -0.119. The third-order valence-electron chi connectivity index (χ3n) is 3.91. The fourth-order valence-corrected chi connectivity index (χ4v) is 2.67. The maximum absolute atomic E-state index is 13.5. The Morgan fingerprint density at radius 1 is 1.32 bits per heavy atom. The molecule has 0 saturated heterocycles. The minimum atomic E-state index is -0.725. The Morgan fingerprint density at radius 3 is 2.56 bits per heavy atom. The van der Waals surface area contributed by atoms with Crippen LogP contribution < -0.4 is 5.32 Å². The van der Waals surface area contributed by atoms with E-state index in [2.05, 4.69) is 10.3 Å². The van der Waals surface area contributed by atoms with Crippen molar-refractivity contribution < 1.29 is 23.8 Å². The van der Waals surface area contributed by atoms with Crippen molar-refractivity contribution in [3.8, 4) is 0 Å². The van der Waals surface area contributed by atoms with Gasteiger partial charge in [-0.05, 0) is 51.0 Å². The third kappa shape index (κ3) is 4.24. The van der Waals surface area contributed by atoms with Crippen LogP contribution in [0.4, 0.5) is 10.1 Å². The lowest BCUT2D eigenvalue weighted by Gasteiger charge is -2.08. The summed E-state index contributed by atoms with van der Waals surface area (Å²) in [4.78, 5) is 26.8. The number of rotatable bonds is 5. The van der Waals surface area contributed by atoms with Gasteiger partial charge in [-0.1, -0.05) is 6.07 Å². The van der Waals surface area contributed by atoms with Gasteiger partial charge in [-0.2, -0.15) is 0 Å². The van der Waals surface area contributed by atoms with E-state index in [9.17, 15) is 19.1 Å². The fourth-order valence-electron chi connectivity index (χ4n) is 2.67. The molecular formula is C18H21FN2O4. The Bertz CT molecular complexity index is 812. The Balaban J connectivity index is 1.99. The van der Waals surface area contributed by atoms with E-state index in [0.717, 1.165) is 0 Å². The Kier molecular flexibility index (Phi) is 5.58.